The van der Waals surface area contributed by atoms with Crippen LogP contribution in [0.15, 0.2) is 18.2 Å². The van der Waals surface area contributed by atoms with Crippen LogP contribution >= 0.6 is 11.6 Å². The largest absolute Gasteiger partial charge is 0.370 e. The van der Waals surface area contributed by atoms with Crippen LogP contribution < -0.4 is 5.32 Å². The van der Waals surface area contributed by atoms with Gasteiger partial charge in [0.25, 0.3) is 0 Å². The van der Waals surface area contributed by atoms with Gasteiger partial charge >= 0.3 is 0 Å². The minimum absolute atomic E-state index is 0.0365. The number of ether oxygens (including phenoxy) is 1. The molecule has 1 saturated heterocycles. The lowest BCUT2D eigenvalue weighted by Gasteiger charge is -2.40. The van der Waals surface area contributed by atoms with Gasteiger partial charge in [0.15, 0.2) is 0 Å². The van der Waals surface area contributed by atoms with Gasteiger partial charge < -0.3 is 10.1 Å². The fourth-order valence-corrected chi connectivity index (χ4v) is 4.02. The van der Waals surface area contributed by atoms with Gasteiger partial charge in [-0.1, -0.05) is 37.9 Å². The van der Waals surface area contributed by atoms with Gasteiger partial charge in [0.1, 0.15) is 5.82 Å². The summed E-state index contributed by atoms with van der Waals surface area (Å²) >= 11 is 6.20. The van der Waals surface area contributed by atoms with Gasteiger partial charge in [-0.05, 0) is 37.0 Å². The van der Waals surface area contributed by atoms with Crippen LogP contribution in [0.2, 0.25) is 5.02 Å². The van der Waals surface area contributed by atoms with Crippen LogP contribution in [0.1, 0.15) is 51.2 Å². The summed E-state index contributed by atoms with van der Waals surface area (Å²) in [6.07, 6.45) is 3.84. The number of benzene rings is 1. The van der Waals surface area contributed by atoms with E-state index < -0.39 is 0 Å². The van der Waals surface area contributed by atoms with Gasteiger partial charge in [0.2, 0.25) is 5.91 Å². The molecule has 2 fully saturated rings. The van der Waals surface area contributed by atoms with E-state index in [1.165, 1.54) is 12.1 Å². The Labute approximate surface area is 141 Å². The number of halogens is 2. The molecule has 5 heteroatoms. The molecule has 126 valence electrons. The van der Waals surface area contributed by atoms with E-state index >= 15 is 0 Å². The molecule has 1 amide bonds. The molecule has 1 heterocycles. The normalized spacial score (nSPS) is 30.3. The second kappa shape index (κ2) is 6.78. The number of rotatable bonds is 3. The summed E-state index contributed by atoms with van der Waals surface area (Å²) in [6.45, 7) is 3.80. The molecule has 0 unspecified atom stereocenters. The van der Waals surface area contributed by atoms with Gasteiger partial charge in [0, 0.05) is 22.9 Å². The van der Waals surface area contributed by atoms with Gasteiger partial charge in [0.05, 0.1) is 12.2 Å². The quantitative estimate of drug-likeness (QED) is 0.894. The van der Waals surface area contributed by atoms with Crippen molar-refractivity contribution < 1.29 is 13.9 Å². The number of nitrogens with one attached hydrogen (secondary N) is 1. The summed E-state index contributed by atoms with van der Waals surface area (Å²) < 4.78 is 19.5. The molecule has 2 aliphatic rings. The molecule has 3 rings (SSSR count). The maximum Gasteiger partial charge on any atom is 0.222 e. The first-order valence-electron chi connectivity index (χ1n) is 8.36. The Morgan fingerprint density at radius 1 is 1.39 bits per heavy atom. The van der Waals surface area contributed by atoms with Crippen molar-refractivity contribution in [2.45, 2.75) is 57.8 Å². The maximum atomic E-state index is 13.3. The van der Waals surface area contributed by atoms with Crippen molar-refractivity contribution in [2.24, 2.45) is 11.8 Å². The molecule has 0 spiro atoms. The molecule has 0 bridgehead atoms. The highest BCUT2D eigenvalue weighted by Gasteiger charge is 2.42. The Bertz CT molecular complexity index is 592. The van der Waals surface area contributed by atoms with Crippen LogP contribution in [-0.4, -0.2) is 18.1 Å². The summed E-state index contributed by atoms with van der Waals surface area (Å²) in [4.78, 5) is 12.1. The van der Waals surface area contributed by atoms with E-state index in [4.69, 9.17) is 16.3 Å². The van der Waals surface area contributed by atoms with Crippen molar-refractivity contribution in [3.8, 4) is 0 Å². The first kappa shape index (κ1) is 16.7. The molecule has 1 saturated carbocycles. The monoisotopic (exact) mass is 339 g/mol. The summed E-state index contributed by atoms with van der Waals surface area (Å²) in [5, 5.41) is 3.57. The van der Waals surface area contributed by atoms with Crippen LogP contribution in [0.5, 0.6) is 0 Å². The lowest BCUT2D eigenvalue weighted by molar-refractivity contribution is -0.129. The van der Waals surface area contributed by atoms with E-state index in [1.807, 2.05) is 13.8 Å². The summed E-state index contributed by atoms with van der Waals surface area (Å²) in [5.74, 6) is 0.0585. The summed E-state index contributed by atoms with van der Waals surface area (Å²) in [6, 6.07) is 4.52. The van der Waals surface area contributed by atoms with E-state index in [9.17, 15) is 9.18 Å². The Hall–Kier alpha value is -1.13. The zero-order valence-electron chi connectivity index (χ0n) is 13.5. The minimum Gasteiger partial charge on any atom is -0.370 e. The van der Waals surface area contributed by atoms with E-state index in [0.717, 1.165) is 24.8 Å². The molecule has 23 heavy (non-hydrogen) atoms. The molecule has 1 N–H and O–H groups in total. The number of carbonyl (C=O) groups excluding carboxylic acids is 1. The van der Waals surface area contributed by atoms with E-state index in [2.05, 4.69) is 5.32 Å². The third kappa shape index (κ3) is 3.53. The summed E-state index contributed by atoms with van der Waals surface area (Å²) in [5.41, 5.74) is 0.808. The zero-order chi connectivity index (χ0) is 16.6. The Balaban J connectivity index is 1.81. The highest BCUT2D eigenvalue weighted by molar-refractivity contribution is 6.31. The number of carbonyl (C=O) groups is 1. The molecule has 1 aromatic rings. The number of hydrogen-bond acceptors (Lipinski definition) is 2. The smallest absolute Gasteiger partial charge is 0.222 e. The van der Waals surface area contributed by atoms with Crippen LogP contribution in [-0.2, 0) is 9.53 Å². The average molecular weight is 340 g/mol. The predicted octanol–water partition coefficient (Wildman–Crippen LogP) is 4.25. The van der Waals surface area contributed by atoms with Gasteiger partial charge in [-0.15, -0.1) is 0 Å². The molecule has 0 aromatic heterocycles. The Morgan fingerprint density at radius 3 is 2.87 bits per heavy atom. The number of hydrogen-bond donors (Lipinski definition) is 1. The third-order valence-corrected chi connectivity index (χ3v) is 5.32. The summed E-state index contributed by atoms with van der Waals surface area (Å²) in [7, 11) is 0. The van der Waals surface area contributed by atoms with Crippen LogP contribution in [0, 0.1) is 17.7 Å². The molecular weight excluding hydrogens is 317 g/mol. The van der Waals surface area contributed by atoms with Crippen molar-refractivity contribution in [2.75, 3.05) is 0 Å². The highest BCUT2D eigenvalue weighted by atomic mass is 35.5. The van der Waals surface area contributed by atoms with Crippen LogP contribution in [0.3, 0.4) is 0 Å². The average Bonchev–Trinajstić information content (AvgIpc) is 2.95. The number of fused-ring (bicyclic) bond motifs is 1. The van der Waals surface area contributed by atoms with Crippen LogP contribution in [0.25, 0.3) is 0 Å². The first-order chi connectivity index (χ1) is 11.0. The SMILES string of the molecule is CC(C)C(=O)N[C@@H]1C[C@H](c2ccc(F)cc2Cl)O[C@@H]2CCC[C@@H]12. The fourth-order valence-electron chi connectivity index (χ4n) is 3.73. The van der Waals surface area contributed by atoms with Gasteiger partial charge in [-0.2, -0.15) is 0 Å². The molecule has 1 aromatic carbocycles. The molecule has 3 nitrogen and oxygen atoms in total. The van der Waals surface area contributed by atoms with Crippen molar-refractivity contribution in [1.82, 2.24) is 5.32 Å². The standard InChI is InChI=1S/C18H23ClFNO2/c1-10(2)18(22)21-15-9-17(23-16-5-3-4-13(15)16)12-7-6-11(20)8-14(12)19/h6-8,10,13,15-17H,3-5,9H2,1-2H3,(H,21,22)/t13-,15+,16+,17+/m0/s1. The highest BCUT2D eigenvalue weighted by Crippen LogP contribution is 2.44. The second-order valence-corrected chi connectivity index (χ2v) is 7.34. The van der Waals surface area contributed by atoms with Crippen molar-refractivity contribution in [3.05, 3.63) is 34.6 Å². The Morgan fingerprint density at radius 2 is 2.17 bits per heavy atom. The lowest BCUT2D eigenvalue weighted by atomic mass is 9.86. The van der Waals surface area contributed by atoms with Gasteiger partial charge in [-0.3, -0.25) is 4.79 Å². The number of amides is 1. The fraction of sp³-hybridized carbons (Fsp3) is 0.611. The molecular formula is C18H23ClFNO2. The lowest BCUT2D eigenvalue weighted by Crippen LogP contribution is -2.49. The maximum absolute atomic E-state index is 13.3. The zero-order valence-corrected chi connectivity index (χ0v) is 14.3. The molecule has 1 aliphatic heterocycles. The molecule has 0 radical (unpaired) electrons. The van der Waals surface area contributed by atoms with E-state index in [-0.39, 0.29) is 35.9 Å². The van der Waals surface area contributed by atoms with Gasteiger partial charge in [-0.25, -0.2) is 4.39 Å². The van der Waals surface area contributed by atoms with E-state index in [1.54, 1.807) is 6.07 Å². The van der Waals surface area contributed by atoms with Crippen molar-refractivity contribution in [1.29, 1.82) is 0 Å². The predicted molar refractivity (Wildman–Crippen MR) is 87.8 cm³/mol. The van der Waals surface area contributed by atoms with Crippen molar-refractivity contribution in [3.63, 3.8) is 0 Å². The molecule has 1 aliphatic carbocycles. The Kier molecular flexibility index (Phi) is 4.93. The first-order valence-corrected chi connectivity index (χ1v) is 8.74. The third-order valence-electron chi connectivity index (χ3n) is 4.99. The molecule has 4 atom stereocenters. The second-order valence-electron chi connectivity index (χ2n) is 6.93. The van der Waals surface area contributed by atoms with E-state index in [0.29, 0.717) is 17.4 Å². The van der Waals surface area contributed by atoms with Crippen LogP contribution in [0.4, 0.5) is 4.39 Å². The minimum atomic E-state index is -0.349. The topological polar surface area (TPSA) is 38.3 Å². The van der Waals surface area contributed by atoms with Crippen molar-refractivity contribution >= 4 is 17.5 Å².